The lowest BCUT2D eigenvalue weighted by Gasteiger charge is -2.28. The highest BCUT2D eigenvalue weighted by molar-refractivity contribution is 6.34. The van der Waals surface area contributed by atoms with E-state index in [2.05, 4.69) is 10.6 Å². The highest BCUT2D eigenvalue weighted by Crippen LogP contribution is 2.40. The van der Waals surface area contributed by atoms with Crippen molar-refractivity contribution in [1.82, 2.24) is 10.2 Å². The number of amides is 4. The summed E-state index contributed by atoms with van der Waals surface area (Å²) in [5.74, 6) is -0.839. The first kappa shape index (κ1) is 26.8. The molecule has 4 rings (SSSR count). The summed E-state index contributed by atoms with van der Waals surface area (Å²) < 4.78 is 50.7. The van der Waals surface area contributed by atoms with Crippen LogP contribution < -0.4 is 20.1 Å². The predicted molar refractivity (Wildman–Crippen MR) is 132 cm³/mol. The maximum absolute atomic E-state index is 13.8. The van der Waals surface area contributed by atoms with Gasteiger partial charge in [0.05, 0.1) is 30.5 Å². The molecule has 12 heteroatoms. The van der Waals surface area contributed by atoms with Gasteiger partial charge in [-0.15, -0.1) is 0 Å². The predicted octanol–water partition coefficient (Wildman–Crippen LogP) is 4.81. The molecule has 8 nitrogen and oxygen atoms in total. The fraction of sp³-hybridized carbons (Fsp3) is 0.192. The van der Waals surface area contributed by atoms with E-state index in [-0.39, 0.29) is 5.02 Å². The monoisotopic (exact) mass is 547 g/mol. The number of carbonyl (C=O) groups is 3. The Balaban J connectivity index is 1.69. The lowest BCUT2D eigenvalue weighted by atomic mass is 9.82. The summed E-state index contributed by atoms with van der Waals surface area (Å²) >= 11 is 5.91. The van der Waals surface area contributed by atoms with Crippen LogP contribution in [0.4, 0.5) is 23.7 Å². The minimum absolute atomic E-state index is 0.351. The van der Waals surface area contributed by atoms with Gasteiger partial charge in [-0.25, -0.2) is 4.79 Å². The third-order valence-electron chi connectivity index (χ3n) is 6.04. The third kappa shape index (κ3) is 4.84. The molecule has 2 N–H and O–H groups in total. The highest BCUT2D eigenvalue weighted by atomic mass is 35.5. The summed E-state index contributed by atoms with van der Waals surface area (Å²) in [6, 6.07) is 14.9. The van der Waals surface area contributed by atoms with Crippen LogP contribution in [0.3, 0.4) is 0 Å². The number of para-hydroxylation sites is 1. The maximum atomic E-state index is 13.8. The van der Waals surface area contributed by atoms with Gasteiger partial charge in [-0.1, -0.05) is 41.9 Å². The number of hydrogen-bond donors (Lipinski definition) is 2. The number of alkyl halides is 3. The number of nitrogens with one attached hydrogen (secondary N) is 2. The zero-order chi connectivity index (χ0) is 27.7. The summed E-state index contributed by atoms with van der Waals surface area (Å²) in [6.45, 7) is -0.860. The molecular formula is C26H21ClF3N3O5. The molecule has 1 saturated heterocycles. The van der Waals surface area contributed by atoms with Crippen LogP contribution >= 0.6 is 11.6 Å². The lowest BCUT2D eigenvalue weighted by Crippen LogP contribution is -2.45. The molecule has 1 heterocycles. The zero-order valence-corrected chi connectivity index (χ0v) is 20.8. The second-order valence-corrected chi connectivity index (χ2v) is 8.64. The molecule has 1 fully saturated rings. The number of nitrogens with zero attached hydrogens (tertiary/aromatic N) is 1. The molecule has 3 aromatic rings. The Bertz CT molecular complexity index is 1330. The van der Waals surface area contributed by atoms with Gasteiger partial charge in [0.25, 0.3) is 5.91 Å². The van der Waals surface area contributed by atoms with Crippen molar-refractivity contribution in [2.75, 3.05) is 26.1 Å². The van der Waals surface area contributed by atoms with E-state index < -0.39 is 47.4 Å². The molecule has 198 valence electrons. The van der Waals surface area contributed by atoms with Gasteiger partial charge >= 0.3 is 12.2 Å². The van der Waals surface area contributed by atoms with Gasteiger partial charge in [0.1, 0.15) is 18.0 Å². The Morgan fingerprint density at radius 1 is 0.947 bits per heavy atom. The lowest BCUT2D eigenvalue weighted by molar-refractivity contribution is -0.137. The first-order chi connectivity index (χ1) is 18.0. The Hall–Kier alpha value is -4.25. The number of rotatable bonds is 7. The number of methoxy groups -OCH3 is 2. The number of ether oxygens (including phenoxy) is 2. The largest absolute Gasteiger partial charge is 0.497 e. The van der Waals surface area contributed by atoms with Gasteiger partial charge in [-0.3, -0.25) is 14.5 Å². The van der Waals surface area contributed by atoms with Gasteiger partial charge in [-0.05, 0) is 47.5 Å². The van der Waals surface area contributed by atoms with Crippen molar-refractivity contribution in [2.24, 2.45) is 0 Å². The highest BCUT2D eigenvalue weighted by Gasteiger charge is 2.54. The van der Waals surface area contributed by atoms with E-state index in [4.69, 9.17) is 21.1 Å². The molecule has 1 aliphatic heterocycles. The Kier molecular flexibility index (Phi) is 7.23. The number of hydrogen-bond acceptors (Lipinski definition) is 5. The molecule has 0 atom stereocenters. The summed E-state index contributed by atoms with van der Waals surface area (Å²) in [4.78, 5) is 40.3. The van der Waals surface area contributed by atoms with Gasteiger partial charge in [0, 0.05) is 0 Å². The molecule has 0 saturated carbocycles. The van der Waals surface area contributed by atoms with Crippen molar-refractivity contribution in [3.63, 3.8) is 0 Å². The van der Waals surface area contributed by atoms with E-state index >= 15 is 0 Å². The number of halogens is 4. The van der Waals surface area contributed by atoms with Gasteiger partial charge in [-0.2, -0.15) is 13.2 Å². The average molecular weight is 548 g/mol. The van der Waals surface area contributed by atoms with Crippen molar-refractivity contribution in [1.29, 1.82) is 0 Å². The number of benzene rings is 3. The Morgan fingerprint density at radius 2 is 1.47 bits per heavy atom. The van der Waals surface area contributed by atoms with Crippen LogP contribution in [0, 0.1) is 0 Å². The smallest absolute Gasteiger partial charge is 0.418 e. The van der Waals surface area contributed by atoms with E-state index in [1.165, 1.54) is 20.3 Å². The summed E-state index contributed by atoms with van der Waals surface area (Å²) in [6.07, 6.45) is -4.80. The van der Waals surface area contributed by atoms with Crippen LogP contribution in [-0.2, 0) is 21.3 Å². The number of imide groups is 1. The summed E-state index contributed by atoms with van der Waals surface area (Å²) in [7, 11) is 2.95. The first-order valence-corrected chi connectivity index (χ1v) is 11.5. The number of anilines is 1. The molecule has 1 aliphatic rings. The first-order valence-electron chi connectivity index (χ1n) is 11.1. The molecular weight excluding hydrogens is 527 g/mol. The van der Waals surface area contributed by atoms with E-state index in [0.717, 1.165) is 12.1 Å². The molecule has 0 radical (unpaired) electrons. The maximum Gasteiger partial charge on any atom is 0.418 e. The Labute approximate surface area is 220 Å². The molecule has 0 spiro atoms. The van der Waals surface area contributed by atoms with Gasteiger partial charge in [0.15, 0.2) is 5.54 Å². The van der Waals surface area contributed by atoms with E-state index in [9.17, 15) is 27.6 Å². The number of carbonyl (C=O) groups excluding carboxylic acids is 3. The van der Waals surface area contributed by atoms with Crippen LogP contribution in [0.5, 0.6) is 11.5 Å². The van der Waals surface area contributed by atoms with Crippen LogP contribution in [-0.4, -0.2) is 43.5 Å². The average Bonchev–Trinajstić information content (AvgIpc) is 3.15. The quantitative estimate of drug-likeness (QED) is 0.414. The van der Waals surface area contributed by atoms with Crippen LogP contribution in [0.15, 0.2) is 66.7 Å². The standard InChI is InChI=1S/C26H21ClF3N3O5/c1-37-17-10-6-15(7-11-17)25(16-8-12-18(38-2)13-9-16)23(35)33(24(36)32-25)14-21(34)31-22-19(26(28,29)30)4-3-5-20(22)27/h3-13H,14H2,1-2H3,(H,31,34)(H,32,36). The van der Waals surface area contributed by atoms with Crippen molar-refractivity contribution in [2.45, 2.75) is 11.7 Å². The topological polar surface area (TPSA) is 97.0 Å². The normalized spacial score (nSPS) is 14.7. The van der Waals surface area contributed by atoms with Crippen molar-refractivity contribution in [3.8, 4) is 11.5 Å². The van der Waals surface area contributed by atoms with Gasteiger partial charge in [0.2, 0.25) is 5.91 Å². The minimum atomic E-state index is -4.80. The SMILES string of the molecule is COc1ccc(C2(c3ccc(OC)cc3)NC(=O)N(CC(=O)Nc3c(Cl)cccc3C(F)(F)F)C2=O)cc1. The van der Waals surface area contributed by atoms with Crippen molar-refractivity contribution >= 4 is 35.1 Å². The summed E-state index contributed by atoms with van der Waals surface area (Å²) in [5, 5.41) is 4.40. The zero-order valence-electron chi connectivity index (χ0n) is 20.1. The fourth-order valence-electron chi connectivity index (χ4n) is 4.17. The molecule has 3 aromatic carbocycles. The van der Waals surface area contributed by atoms with Crippen molar-refractivity contribution < 1.29 is 37.0 Å². The molecule has 38 heavy (non-hydrogen) atoms. The van der Waals surface area contributed by atoms with Gasteiger partial charge < -0.3 is 20.1 Å². The van der Waals surface area contributed by atoms with Crippen LogP contribution in [0.2, 0.25) is 5.02 Å². The van der Waals surface area contributed by atoms with Crippen LogP contribution in [0.25, 0.3) is 0 Å². The van der Waals surface area contributed by atoms with Crippen LogP contribution in [0.1, 0.15) is 16.7 Å². The Morgan fingerprint density at radius 3 is 1.95 bits per heavy atom. The second-order valence-electron chi connectivity index (χ2n) is 8.24. The van der Waals surface area contributed by atoms with E-state index in [0.29, 0.717) is 27.5 Å². The minimum Gasteiger partial charge on any atom is -0.497 e. The van der Waals surface area contributed by atoms with E-state index in [1.807, 2.05) is 0 Å². The number of urea groups is 1. The molecule has 0 aromatic heterocycles. The van der Waals surface area contributed by atoms with E-state index in [1.54, 1.807) is 48.5 Å². The molecule has 0 aliphatic carbocycles. The summed E-state index contributed by atoms with van der Waals surface area (Å²) in [5.41, 5.74) is -2.82. The molecule has 4 amide bonds. The third-order valence-corrected chi connectivity index (χ3v) is 6.35. The second kappa shape index (κ2) is 10.3. The molecule has 0 bridgehead atoms. The van der Waals surface area contributed by atoms with Crippen molar-refractivity contribution in [3.05, 3.63) is 88.4 Å². The molecule has 0 unspecified atom stereocenters. The fourth-order valence-corrected chi connectivity index (χ4v) is 4.39.